The first-order valence-electron chi connectivity index (χ1n) is 9.51. The van der Waals surface area contributed by atoms with Crippen molar-refractivity contribution in [2.45, 2.75) is 32.2 Å². The number of hydrogen-bond acceptors (Lipinski definition) is 5. The molecule has 0 saturated carbocycles. The fourth-order valence-corrected chi connectivity index (χ4v) is 3.67. The minimum atomic E-state index is -1.18. The molecule has 1 aromatic carbocycles. The number of hydrogen-bond donors (Lipinski definition) is 1. The highest BCUT2D eigenvalue weighted by molar-refractivity contribution is 6.09. The molecule has 2 fully saturated rings. The molecule has 0 spiro atoms. The molecule has 2 heterocycles. The van der Waals surface area contributed by atoms with Crippen LogP contribution in [0.4, 0.5) is 4.79 Å². The third kappa shape index (κ3) is 3.72. The monoisotopic (exact) mass is 387 g/mol. The first-order valence-corrected chi connectivity index (χ1v) is 9.51. The Bertz CT molecular complexity index is 773. The number of nitrogens with one attached hydrogen (secondary N) is 1. The maximum atomic E-state index is 12.9. The van der Waals surface area contributed by atoms with Gasteiger partial charge >= 0.3 is 12.0 Å². The van der Waals surface area contributed by atoms with Gasteiger partial charge in [0.05, 0.1) is 12.5 Å². The van der Waals surface area contributed by atoms with Gasteiger partial charge in [-0.1, -0.05) is 30.3 Å². The summed E-state index contributed by atoms with van der Waals surface area (Å²) in [5, 5.41) is 2.70. The number of amides is 4. The van der Waals surface area contributed by atoms with Crippen molar-refractivity contribution >= 4 is 23.8 Å². The molecule has 0 aromatic heterocycles. The van der Waals surface area contributed by atoms with E-state index in [4.69, 9.17) is 4.74 Å². The molecular weight excluding hydrogens is 362 g/mol. The number of carbonyl (C=O) groups excluding carboxylic acids is 4. The summed E-state index contributed by atoms with van der Waals surface area (Å²) in [5.41, 5.74) is -0.520. The van der Waals surface area contributed by atoms with Crippen molar-refractivity contribution in [2.75, 3.05) is 26.2 Å². The lowest BCUT2D eigenvalue weighted by Crippen LogP contribution is -2.47. The van der Waals surface area contributed by atoms with Crippen LogP contribution in [0.5, 0.6) is 0 Å². The average molecular weight is 387 g/mol. The van der Waals surface area contributed by atoms with Crippen LogP contribution in [0.15, 0.2) is 30.3 Å². The number of nitrogens with zero attached hydrogens (tertiary/aromatic N) is 2. The van der Waals surface area contributed by atoms with Gasteiger partial charge in [0.1, 0.15) is 12.1 Å². The molecule has 28 heavy (non-hydrogen) atoms. The zero-order valence-corrected chi connectivity index (χ0v) is 16.1. The van der Waals surface area contributed by atoms with Gasteiger partial charge < -0.3 is 15.0 Å². The number of imide groups is 1. The Morgan fingerprint density at radius 2 is 1.82 bits per heavy atom. The van der Waals surface area contributed by atoms with Crippen LogP contribution in [0.25, 0.3) is 0 Å². The molecule has 1 aromatic rings. The number of piperidine rings is 1. The van der Waals surface area contributed by atoms with Gasteiger partial charge in [0, 0.05) is 13.1 Å². The molecule has 8 heteroatoms. The number of carbonyl (C=O) groups is 4. The Morgan fingerprint density at radius 3 is 2.43 bits per heavy atom. The Morgan fingerprint density at radius 1 is 1.18 bits per heavy atom. The molecule has 1 N–H and O–H groups in total. The Hall–Kier alpha value is -2.90. The molecule has 0 bridgehead atoms. The third-order valence-corrected chi connectivity index (χ3v) is 5.39. The second-order valence-electron chi connectivity index (χ2n) is 7.22. The predicted octanol–water partition coefficient (Wildman–Crippen LogP) is 1.26. The number of esters is 1. The molecule has 1 atom stereocenters. The quantitative estimate of drug-likeness (QED) is 0.606. The number of ether oxygens (including phenoxy) is 1. The van der Waals surface area contributed by atoms with E-state index in [1.165, 1.54) is 0 Å². The van der Waals surface area contributed by atoms with Gasteiger partial charge in [-0.2, -0.15) is 0 Å². The van der Waals surface area contributed by atoms with Gasteiger partial charge in [-0.15, -0.1) is 0 Å². The van der Waals surface area contributed by atoms with Gasteiger partial charge in [0.25, 0.3) is 5.91 Å². The van der Waals surface area contributed by atoms with Gasteiger partial charge in [0.15, 0.2) is 0 Å². The van der Waals surface area contributed by atoms with Crippen LogP contribution in [0, 0.1) is 5.92 Å². The largest absolute Gasteiger partial charge is 0.466 e. The summed E-state index contributed by atoms with van der Waals surface area (Å²) in [6.45, 7) is 4.24. The first-order chi connectivity index (χ1) is 13.4. The zero-order valence-electron chi connectivity index (χ0n) is 16.1. The highest BCUT2D eigenvalue weighted by Gasteiger charge is 2.49. The third-order valence-electron chi connectivity index (χ3n) is 5.39. The molecular formula is C20H25N3O5. The van der Waals surface area contributed by atoms with Crippen molar-refractivity contribution in [3.05, 3.63) is 35.9 Å². The van der Waals surface area contributed by atoms with E-state index in [1.54, 1.807) is 43.0 Å². The minimum absolute atomic E-state index is 0.206. The van der Waals surface area contributed by atoms with Crippen molar-refractivity contribution in [2.24, 2.45) is 5.92 Å². The number of benzene rings is 1. The Labute approximate surface area is 163 Å². The molecule has 0 aliphatic carbocycles. The molecule has 1 unspecified atom stereocenters. The molecule has 150 valence electrons. The fraction of sp³-hybridized carbons (Fsp3) is 0.500. The van der Waals surface area contributed by atoms with E-state index in [0.29, 0.717) is 38.1 Å². The Kier molecular flexibility index (Phi) is 5.67. The van der Waals surface area contributed by atoms with Crippen LogP contribution < -0.4 is 5.32 Å². The van der Waals surface area contributed by atoms with Gasteiger partial charge in [-0.05, 0) is 32.3 Å². The van der Waals surface area contributed by atoms with Crippen molar-refractivity contribution < 1.29 is 23.9 Å². The summed E-state index contributed by atoms with van der Waals surface area (Å²) in [5.74, 6) is -1.19. The van der Waals surface area contributed by atoms with E-state index in [2.05, 4.69) is 5.32 Å². The smallest absolute Gasteiger partial charge is 0.325 e. The topological polar surface area (TPSA) is 96.0 Å². The van der Waals surface area contributed by atoms with Crippen LogP contribution in [0.1, 0.15) is 32.3 Å². The maximum absolute atomic E-state index is 12.9. The summed E-state index contributed by atoms with van der Waals surface area (Å²) in [6.07, 6.45) is 1.04. The van der Waals surface area contributed by atoms with E-state index in [1.807, 2.05) is 6.07 Å². The first kappa shape index (κ1) is 19.9. The lowest BCUT2D eigenvalue weighted by molar-refractivity contribution is -0.151. The van der Waals surface area contributed by atoms with Crippen molar-refractivity contribution in [1.29, 1.82) is 0 Å². The van der Waals surface area contributed by atoms with Gasteiger partial charge in [-0.25, -0.2) is 4.79 Å². The van der Waals surface area contributed by atoms with Crippen LogP contribution in [-0.4, -0.2) is 59.9 Å². The van der Waals surface area contributed by atoms with Crippen LogP contribution in [0.3, 0.4) is 0 Å². The maximum Gasteiger partial charge on any atom is 0.325 e. The molecule has 2 aliphatic heterocycles. The summed E-state index contributed by atoms with van der Waals surface area (Å²) in [6, 6.07) is 8.37. The van der Waals surface area contributed by atoms with Crippen molar-refractivity contribution in [3.63, 3.8) is 0 Å². The zero-order chi connectivity index (χ0) is 20.3. The molecule has 0 radical (unpaired) electrons. The lowest BCUT2D eigenvalue weighted by atomic mass is 9.92. The second kappa shape index (κ2) is 8.00. The molecule has 8 nitrogen and oxygen atoms in total. The van der Waals surface area contributed by atoms with E-state index in [0.717, 1.165) is 4.90 Å². The van der Waals surface area contributed by atoms with E-state index in [9.17, 15) is 19.2 Å². The second-order valence-corrected chi connectivity index (χ2v) is 7.22. The summed E-state index contributed by atoms with van der Waals surface area (Å²) in [4.78, 5) is 52.2. The molecule has 2 saturated heterocycles. The summed E-state index contributed by atoms with van der Waals surface area (Å²) in [7, 11) is 0. The number of urea groups is 1. The Balaban J connectivity index is 1.61. The lowest BCUT2D eigenvalue weighted by Gasteiger charge is -2.31. The fourth-order valence-electron chi connectivity index (χ4n) is 3.67. The van der Waals surface area contributed by atoms with E-state index < -0.39 is 17.5 Å². The molecule has 3 rings (SSSR count). The van der Waals surface area contributed by atoms with E-state index >= 15 is 0 Å². The van der Waals surface area contributed by atoms with Crippen molar-refractivity contribution in [3.8, 4) is 0 Å². The van der Waals surface area contributed by atoms with E-state index in [-0.39, 0.29) is 24.3 Å². The van der Waals surface area contributed by atoms with Gasteiger partial charge in [-0.3, -0.25) is 19.3 Å². The standard InChI is InChI=1S/C20H25N3O5/c1-3-28-17(25)14-9-11-22(12-10-14)16(24)13-23-18(26)20(2,21-19(23)27)15-7-5-4-6-8-15/h4-8,14H,3,9-13H2,1-2H3,(H,21,27). The predicted molar refractivity (Wildman–Crippen MR) is 100.0 cm³/mol. The highest BCUT2D eigenvalue weighted by atomic mass is 16.5. The molecule has 2 aliphatic rings. The normalized spacial score (nSPS) is 22.9. The summed E-state index contributed by atoms with van der Waals surface area (Å²) < 4.78 is 5.03. The van der Waals surface area contributed by atoms with Gasteiger partial charge in [0.2, 0.25) is 5.91 Å². The SMILES string of the molecule is CCOC(=O)C1CCN(C(=O)CN2C(=O)NC(C)(c3ccccc3)C2=O)CC1. The minimum Gasteiger partial charge on any atom is -0.466 e. The number of likely N-dealkylation sites (tertiary alicyclic amines) is 1. The molecule has 4 amide bonds. The van der Waals surface area contributed by atoms with Crippen LogP contribution >= 0.6 is 0 Å². The van der Waals surface area contributed by atoms with Crippen LogP contribution in [-0.2, 0) is 24.7 Å². The van der Waals surface area contributed by atoms with Crippen LogP contribution in [0.2, 0.25) is 0 Å². The number of rotatable bonds is 5. The van der Waals surface area contributed by atoms with Crippen molar-refractivity contribution in [1.82, 2.24) is 15.1 Å². The summed E-state index contributed by atoms with van der Waals surface area (Å²) >= 11 is 0. The highest BCUT2D eigenvalue weighted by Crippen LogP contribution is 2.28. The average Bonchev–Trinajstić information content (AvgIpc) is 2.93.